The fourth-order valence-electron chi connectivity index (χ4n) is 2.61. The molecule has 2 N–H and O–H groups in total. The van der Waals surface area contributed by atoms with Crippen LogP contribution in [0.1, 0.15) is 32.3 Å². The first-order valence-corrected chi connectivity index (χ1v) is 7.10. The molecule has 2 atom stereocenters. The van der Waals surface area contributed by atoms with Gasteiger partial charge in [-0.15, -0.1) is 0 Å². The maximum absolute atomic E-state index is 12.2. The lowest BCUT2D eigenvalue weighted by Crippen LogP contribution is -2.36. The number of benzene rings is 1. The number of nitrogens with two attached hydrogens (primary N) is 1. The number of hydrogen-bond donors (Lipinski definition) is 1. The van der Waals surface area contributed by atoms with Crippen LogP contribution in [0.5, 0.6) is 0 Å². The van der Waals surface area contributed by atoms with Crippen LogP contribution in [0.15, 0.2) is 30.3 Å². The number of carbonyl (C=O) groups is 2. The van der Waals surface area contributed by atoms with Crippen molar-refractivity contribution in [1.82, 2.24) is 4.90 Å². The Labute approximate surface area is 125 Å². The van der Waals surface area contributed by atoms with E-state index in [-0.39, 0.29) is 17.7 Å². The molecular weight excluding hydrogens is 268 g/mol. The van der Waals surface area contributed by atoms with Gasteiger partial charge in [0.1, 0.15) is 5.60 Å². The molecule has 0 bridgehead atoms. The van der Waals surface area contributed by atoms with Crippen molar-refractivity contribution in [1.29, 1.82) is 0 Å². The zero-order chi connectivity index (χ0) is 15.6. The zero-order valence-electron chi connectivity index (χ0n) is 12.7. The van der Waals surface area contributed by atoms with Crippen LogP contribution in [0, 0.1) is 5.92 Å². The van der Waals surface area contributed by atoms with E-state index >= 15 is 0 Å². The van der Waals surface area contributed by atoms with Gasteiger partial charge in [0, 0.05) is 19.0 Å². The Morgan fingerprint density at radius 1 is 1.19 bits per heavy atom. The van der Waals surface area contributed by atoms with E-state index in [1.807, 2.05) is 51.1 Å². The molecule has 0 saturated carbocycles. The molecule has 114 valence electrons. The van der Waals surface area contributed by atoms with Crippen molar-refractivity contribution in [3.05, 3.63) is 35.9 Å². The number of rotatable bonds is 2. The SMILES string of the molecule is CC(C)(C)OC(=O)N1C[C@H](c2ccccc2)[C@H](C(N)=O)C1. The predicted octanol–water partition coefficient (Wildman–Crippen LogP) is 2.12. The van der Waals surface area contributed by atoms with E-state index in [0.29, 0.717) is 13.1 Å². The maximum Gasteiger partial charge on any atom is 0.410 e. The fraction of sp³-hybridized carbons (Fsp3) is 0.500. The van der Waals surface area contributed by atoms with Crippen LogP contribution in [0.2, 0.25) is 0 Å². The zero-order valence-corrected chi connectivity index (χ0v) is 12.7. The van der Waals surface area contributed by atoms with Crippen LogP contribution in [-0.4, -0.2) is 35.6 Å². The van der Waals surface area contributed by atoms with E-state index in [1.165, 1.54) is 0 Å². The Bertz CT molecular complexity index is 522. The Hall–Kier alpha value is -2.04. The van der Waals surface area contributed by atoms with Crippen molar-refractivity contribution in [2.45, 2.75) is 32.3 Å². The molecule has 2 rings (SSSR count). The van der Waals surface area contributed by atoms with Crippen molar-refractivity contribution in [3.8, 4) is 0 Å². The van der Waals surface area contributed by atoms with E-state index in [1.54, 1.807) is 4.90 Å². The van der Waals surface area contributed by atoms with Gasteiger partial charge in [0.25, 0.3) is 0 Å². The average molecular weight is 290 g/mol. The standard InChI is InChI=1S/C16H22N2O3/c1-16(2,3)21-15(20)18-9-12(13(10-18)14(17)19)11-7-5-4-6-8-11/h4-8,12-13H,9-10H2,1-3H3,(H2,17,19)/t12-,13-/m1/s1. The van der Waals surface area contributed by atoms with Crippen molar-refractivity contribution in [3.63, 3.8) is 0 Å². The summed E-state index contributed by atoms with van der Waals surface area (Å²) in [5.41, 5.74) is 5.97. The van der Waals surface area contributed by atoms with E-state index in [9.17, 15) is 9.59 Å². The molecule has 1 aromatic carbocycles. The molecule has 5 heteroatoms. The highest BCUT2D eigenvalue weighted by molar-refractivity contribution is 5.80. The van der Waals surface area contributed by atoms with Gasteiger partial charge in [-0.1, -0.05) is 30.3 Å². The number of likely N-dealkylation sites (tertiary alicyclic amines) is 1. The molecule has 1 heterocycles. The van der Waals surface area contributed by atoms with Gasteiger partial charge in [-0.2, -0.15) is 0 Å². The summed E-state index contributed by atoms with van der Waals surface area (Å²) in [5.74, 6) is -0.828. The molecule has 1 saturated heterocycles. The van der Waals surface area contributed by atoms with Gasteiger partial charge >= 0.3 is 6.09 Å². The first-order chi connectivity index (χ1) is 9.78. The summed E-state index contributed by atoms with van der Waals surface area (Å²) < 4.78 is 5.37. The molecular formula is C16H22N2O3. The van der Waals surface area contributed by atoms with Crippen LogP contribution in [0.4, 0.5) is 4.79 Å². The molecule has 1 aliphatic heterocycles. The summed E-state index contributed by atoms with van der Waals surface area (Å²) in [6.07, 6.45) is -0.396. The highest BCUT2D eigenvalue weighted by Crippen LogP contribution is 2.33. The van der Waals surface area contributed by atoms with Crippen LogP contribution >= 0.6 is 0 Å². The van der Waals surface area contributed by atoms with E-state index in [0.717, 1.165) is 5.56 Å². The van der Waals surface area contributed by atoms with Crippen molar-refractivity contribution < 1.29 is 14.3 Å². The van der Waals surface area contributed by atoms with Gasteiger partial charge in [0.2, 0.25) is 5.91 Å². The summed E-state index contributed by atoms with van der Waals surface area (Å²) in [4.78, 5) is 25.4. The number of primary amides is 1. The minimum atomic E-state index is -0.551. The lowest BCUT2D eigenvalue weighted by Gasteiger charge is -2.24. The highest BCUT2D eigenvalue weighted by Gasteiger charge is 2.40. The van der Waals surface area contributed by atoms with E-state index in [2.05, 4.69) is 0 Å². The second kappa shape index (κ2) is 5.76. The first-order valence-electron chi connectivity index (χ1n) is 7.10. The monoisotopic (exact) mass is 290 g/mol. The number of amides is 2. The fourth-order valence-corrected chi connectivity index (χ4v) is 2.61. The summed E-state index contributed by atoms with van der Waals surface area (Å²) in [5, 5.41) is 0. The molecule has 0 aromatic heterocycles. The Balaban J connectivity index is 2.16. The van der Waals surface area contributed by atoms with Gasteiger partial charge in [0.05, 0.1) is 5.92 Å². The van der Waals surface area contributed by atoms with Gasteiger partial charge in [0.15, 0.2) is 0 Å². The van der Waals surface area contributed by atoms with E-state index < -0.39 is 11.7 Å². The second-order valence-corrected chi connectivity index (χ2v) is 6.41. The van der Waals surface area contributed by atoms with Gasteiger partial charge in [-0.25, -0.2) is 4.79 Å². The Kier molecular flexibility index (Phi) is 4.21. The minimum Gasteiger partial charge on any atom is -0.444 e. The summed E-state index contributed by atoms with van der Waals surface area (Å²) in [6.45, 7) is 6.22. The van der Waals surface area contributed by atoms with E-state index in [4.69, 9.17) is 10.5 Å². The number of hydrogen-bond acceptors (Lipinski definition) is 3. The molecule has 21 heavy (non-hydrogen) atoms. The molecule has 5 nitrogen and oxygen atoms in total. The number of ether oxygens (including phenoxy) is 1. The molecule has 0 spiro atoms. The van der Waals surface area contributed by atoms with Gasteiger partial charge < -0.3 is 15.4 Å². The van der Waals surface area contributed by atoms with Crippen LogP contribution in [0.3, 0.4) is 0 Å². The maximum atomic E-state index is 12.2. The summed E-state index contributed by atoms with van der Waals surface area (Å²) >= 11 is 0. The lowest BCUT2D eigenvalue weighted by molar-refractivity contribution is -0.121. The quantitative estimate of drug-likeness (QED) is 0.906. The first kappa shape index (κ1) is 15.4. The second-order valence-electron chi connectivity index (χ2n) is 6.41. The van der Waals surface area contributed by atoms with Crippen molar-refractivity contribution in [2.75, 3.05) is 13.1 Å². The topological polar surface area (TPSA) is 72.6 Å². The van der Waals surface area contributed by atoms with Crippen LogP contribution in [-0.2, 0) is 9.53 Å². The van der Waals surface area contributed by atoms with Gasteiger partial charge in [-0.3, -0.25) is 4.79 Å². The number of nitrogens with zero attached hydrogens (tertiary/aromatic N) is 1. The third kappa shape index (κ3) is 3.74. The molecule has 0 unspecified atom stereocenters. The molecule has 1 fully saturated rings. The predicted molar refractivity (Wildman–Crippen MR) is 79.7 cm³/mol. The Morgan fingerprint density at radius 3 is 2.33 bits per heavy atom. The lowest BCUT2D eigenvalue weighted by atomic mass is 9.89. The molecule has 2 amide bonds. The third-order valence-corrected chi connectivity index (χ3v) is 3.56. The average Bonchev–Trinajstić information content (AvgIpc) is 2.83. The van der Waals surface area contributed by atoms with Crippen molar-refractivity contribution in [2.24, 2.45) is 11.7 Å². The minimum absolute atomic E-state index is 0.0729. The normalized spacial score (nSPS) is 22.1. The Morgan fingerprint density at radius 2 is 1.81 bits per heavy atom. The highest BCUT2D eigenvalue weighted by atomic mass is 16.6. The smallest absolute Gasteiger partial charge is 0.410 e. The summed E-state index contributed by atoms with van der Waals surface area (Å²) in [7, 11) is 0. The van der Waals surface area contributed by atoms with Crippen molar-refractivity contribution >= 4 is 12.0 Å². The molecule has 1 aliphatic rings. The summed E-state index contributed by atoms with van der Waals surface area (Å²) in [6, 6.07) is 9.68. The molecule has 0 radical (unpaired) electrons. The van der Waals surface area contributed by atoms with Gasteiger partial charge in [-0.05, 0) is 26.3 Å². The molecule has 0 aliphatic carbocycles. The number of carbonyl (C=O) groups excluding carboxylic acids is 2. The molecule has 1 aromatic rings. The largest absolute Gasteiger partial charge is 0.444 e. The van der Waals surface area contributed by atoms with Crippen LogP contribution in [0.25, 0.3) is 0 Å². The third-order valence-electron chi connectivity index (χ3n) is 3.56. The van der Waals surface area contributed by atoms with Crippen LogP contribution < -0.4 is 5.73 Å².